The molecule has 26 heavy (non-hydrogen) atoms. The van der Waals surface area contributed by atoms with Gasteiger partial charge in [0, 0.05) is 18.5 Å². The molecule has 0 unspecified atom stereocenters. The molecule has 0 aliphatic carbocycles. The summed E-state index contributed by atoms with van der Waals surface area (Å²) < 4.78 is 58.2. The molecule has 0 aromatic carbocycles. The Labute approximate surface area is 154 Å². The van der Waals surface area contributed by atoms with Crippen LogP contribution in [0.5, 0.6) is 0 Å². The Bertz CT molecular complexity index is 666. The molecule has 2 heterocycles. The number of ether oxygens (including phenoxy) is 1. The lowest BCUT2D eigenvalue weighted by Crippen LogP contribution is -2.48. The first-order valence-electron chi connectivity index (χ1n) is 8.15. The fourth-order valence-electron chi connectivity index (χ4n) is 2.83. The third-order valence-corrected chi connectivity index (χ3v) is 4.49. The Hall–Kier alpha value is -1.57. The normalized spacial score (nSPS) is 17.9. The van der Waals surface area contributed by atoms with Crippen LogP contribution in [0.25, 0.3) is 0 Å². The Balaban J connectivity index is 2.22. The third-order valence-electron chi connectivity index (χ3n) is 4.29. The van der Waals surface area contributed by atoms with Gasteiger partial charge in [-0.1, -0.05) is 11.6 Å². The molecule has 146 valence electrons. The second-order valence-corrected chi connectivity index (χ2v) is 7.83. The van der Waals surface area contributed by atoms with Crippen molar-refractivity contribution >= 4 is 17.7 Å². The first-order chi connectivity index (χ1) is 11.9. The van der Waals surface area contributed by atoms with E-state index in [-0.39, 0.29) is 36.8 Å². The average Bonchev–Trinajstić information content (AvgIpc) is 2.52. The van der Waals surface area contributed by atoms with Gasteiger partial charge in [0.1, 0.15) is 17.4 Å². The summed E-state index contributed by atoms with van der Waals surface area (Å²) in [5, 5.41) is -0.336. The van der Waals surface area contributed by atoms with Gasteiger partial charge < -0.3 is 9.64 Å². The van der Waals surface area contributed by atoms with Crippen LogP contribution in [0.15, 0.2) is 12.1 Å². The van der Waals surface area contributed by atoms with E-state index in [0.717, 1.165) is 6.07 Å². The minimum Gasteiger partial charge on any atom is -0.444 e. The largest absolute Gasteiger partial charge is 0.444 e. The molecule has 1 aliphatic rings. The van der Waals surface area contributed by atoms with Crippen LogP contribution in [0.1, 0.15) is 44.9 Å². The van der Waals surface area contributed by atoms with Gasteiger partial charge in [-0.15, -0.1) is 0 Å². The maximum Gasteiger partial charge on any atom is 0.416 e. The second kappa shape index (κ2) is 7.21. The number of carbonyl (C=O) groups is 1. The molecule has 9 heteroatoms. The molecule has 0 bridgehead atoms. The van der Waals surface area contributed by atoms with E-state index in [0.29, 0.717) is 6.07 Å². The van der Waals surface area contributed by atoms with Crippen molar-refractivity contribution in [3.63, 3.8) is 0 Å². The quantitative estimate of drug-likeness (QED) is 0.522. The van der Waals surface area contributed by atoms with E-state index in [2.05, 4.69) is 4.98 Å². The van der Waals surface area contributed by atoms with E-state index in [4.69, 9.17) is 16.3 Å². The topological polar surface area (TPSA) is 42.4 Å². The number of amides is 1. The molecule has 0 N–H and O–H groups in total. The van der Waals surface area contributed by atoms with E-state index in [1.54, 1.807) is 20.8 Å². The van der Waals surface area contributed by atoms with Crippen LogP contribution >= 0.6 is 11.6 Å². The Morgan fingerprint density at radius 3 is 2.31 bits per heavy atom. The van der Waals surface area contributed by atoms with Crippen LogP contribution < -0.4 is 0 Å². The maximum absolute atomic E-state index is 13.9. The zero-order valence-corrected chi connectivity index (χ0v) is 15.5. The zero-order chi connectivity index (χ0) is 19.8. The fraction of sp³-hybridized carbons (Fsp3) is 0.647. The molecule has 1 saturated heterocycles. The number of carbonyl (C=O) groups excluding carboxylic acids is 1. The lowest BCUT2D eigenvalue weighted by Gasteiger charge is -2.40. The van der Waals surface area contributed by atoms with Gasteiger partial charge in [-0.2, -0.15) is 13.2 Å². The molecule has 2 rings (SSSR count). The Kier molecular flexibility index (Phi) is 5.75. The maximum atomic E-state index is 13.9. The predicted octanol–water partition coefficient (Wildman–Crippen LogP) is 4.99. The molecule has 0 saturated carbocycles. The number of piperidine rings is 1. The number of likely N-dealkylation sites (tertiary alicyclic amines) is 1. The number of pyridine rings is 1. The predicted molar refractivity (Wildman–Crippen MR) is 88.9 cm³/mol. The zero-order valence-electron chi connectivity index (χ0n) is 14.8. The van der Waals surface area contributed by atoms with Gasteiger partial charge >= 0.3 is 12.3 Å². The third kappa shape index (κ3) is 4.78. The molecule has 1 amide bonds. The summed E-state index contributed by atoms with van der Waals surface area (Å²) in [4.78, 5) is 17.5. The van der Waals surface area contributed by atoms with Gasteiger partial charge in [0.05, 0.1) is 11.3 Å². The number of rotatable bonds is 2. The summed E-state index contributed by atoms with van der Waals surface area (Å²) in [6, 6.07) is 1.56. The van der Waals surface area contributed by atoms with E-state index < -0.39 is 35.5 Å². The highest BCUT2D eigenvalue weighted by atomic mass is 35.5. The molecule has 1 aliphatic heterocycles. The molecule has 1 aromatic heterocycles. The van der Waals surface area contributed by atoms with Crippen molar-refractivity contribution in [3.05, 3.63) is 28.5 Å². The summed E-state index contributed by atoms with van der Waals surface area (Å²) in [6.45, 7) is 4.63. The number of hydrogen-bond acceptors (Lipinski definition) is 3. The summed E-state index contributed by atoms with van der Waals surface area (Å²) in [5.41, 5.74) is -2.87. The lowest BCUT2D eigenvalue weighted by molar-refractivity contribution is -0.137. The molecule has 0 spiro atoms. The van der Waals surface area contributed by atoms with E-state index >= 15 is 0 Å². The lowest BCUT2D eigenvalue weighted by atomic mass is 9.76. The second-order valence-electron chi connectivity index (χ2n) is 7.44. The highest BCUT2D eigenvalue weighted by Crippen LogP contribution is 2.39. The standard InChI is InChI=1S/C17H21ClF4N2O2/c1-15(2,3)26-14(25)24-6-4-16(10-19,5-7-24)12-8-11(17(20,21)22)9-13(18)23-12/h8-9H,4-7,10H2,1-3H3. The molecular formula is C17H21ClF4N2O2. The molecule has 0 radical (unpaired) electrons. The molecule has 1 aromatic rings. The summed E-state index contributed by atoms with van der Waals surface area (Å²) in [5.74, 6) is 0. The van der Waals surface area contributed by atoms with Crippen molar-refractivity contribution in [2.45, 2.75) is 50.8 Å². The van der Waals surface area contributed by atoms with Crippen LogP contribution in [0.3, 0.4) is 0 Å². The van der Waals surface area contributed by atoms with Crippen molar-refractivity contribution < 1.29 is 27.1 Å². The summed E-state index contributed by atoms with van der Waals surface area (Å²) in [6.07, 6.45) is -4.86. The number of hydrogen-bond donors (Lipinski definition) is 0. The van der Waals surface area contributed by atoms with Crippen LogP contribution in [-0.2, 0) is 16.3 Å². The number of aromatic nitrogens is 1. The van der Waals surface area contributed by atoms with Gasteiger partial charge in [0.2, 0.25) is 0 Å². The van der Waals surface area contributed by atoms with Crippen LogP contribution in [0.2, 0.25) is 5.15 Å². The van der Waals surface area contributed by atoms with Gasteiger partial charge in [0.25, 0.3) is 0 Å². The van der Waals surface area contributed by atoms with E-state index in [1.165, 1.54) is 4.90 Å². The monoisotopic (exact) mass is 396 g/mol. The Morgan fingerprint density at radius 2 is 1.85 bits per heavy atom. The highest BCUT2D eigenvalue weighted by Gasteiger charge is 2.42. The van der Waals surface area contributed by atoms with Crippen LogP contribution in [0.4, 0.5) is 22.4 Å². The number of nitrogens with zero attached hydrogens (tertiary/aromatic N) is 2. The van der Waals surface area contributed by atoms with E-state index in [9.17, 15) is 22.4 Å². The smallest absolute Gasteiger partial charge is 0.416 e. The van der Waals surface area contributed by atoms with Gasteiger partial charge in [-0.05, 0) is 45.7 Å². The van der Waals surface area contributed by atoms with Crippen LogP contribution in [0, 0.1) is 0 Å². The van der Waals surface area contributed by atoms with Gasteiger partial charge in [0.15, 0.2) is 0 Å². The average molecular weight is 397 g/mol. The first-order valence-corrected chi connectivity index (χ1v) is 8.53. The van der Waals surface area contributed by atoms with Crippen molar-refractivity contribution in [1.29, 1.82) is 0 Å². The van der Waals surface area contributed by atoms with Gasteiger partial charge in [-0.3, -0.25) is 4.39 Å². The summed E-state index contributed by atoms with van der Waals surface area (Å²) in [7, 11) is 0. The minimum absolute atomic E-state index is 0.0383. The van der Waals surface area contributed by atoms with Crippen molar-refractivity contribution in [2.75, 3.05) is 19.8 Å². The van der Waals surface area contributed by atoms with Crippen molar-refractivity contribution in [3.8, 4) is 0 Å². The van der Waals surface area contributed by atoms with E-state index in [1.807, 2.05) is 0 Å². The van der Waals surface area contributed by atoms with Crippen molar-refractivity contribution in [2.24, 2.45) is 0 Å². The van der Waals surface area contributed by atoms with Crippen molar-refractivity contribution in [1.82, 2.24) is 9.88 Å². The minimum atomic E-state index is -4.60. The number of halogens is 5. The first kappa shape index (κ1) is 20.7. The molecule has 4 nitrogen and oxygen atoms in total. The highest BCUT2D eigenvalue weighted by molar-refractivity contribution is 6.29. The molecule has 1 fully saturated rings. The SMILES string of the molecule is CC(C)(C)OC(=O)N1CCC(CF)(c2cc(C(F)(F)F)cc(Cl)n2)CC1. The fourth-order valence-corrected chi connectivity index (χ4v) is 3.04. The van der Waals surface area contributed by atoms with Gasteiger partial charge in [-0.25, -0.2) is 9.78 Å². The Morgan fingerprint density at radius 1 is 1.27 bits per heavy atom. The molecular weight excluding hydrogens is 376 g/mol. The number of alkyl halides is 4. The summed E-state index contributed by atoms with van der Waals surface area (Å²) >= 11 is 5.73. The van der Waals surface area contributed by atoms with Crippen LogP contribution in [-0.4, -0.2) is 41.3 Å². The molecule has 0 atom stereocenters.